The molecule has 1 saturated heterocycles. The van der Waals surface area contributed by atoms with Crippen molar-refractivity contribution in [1.82, 2.24) is 9.88 Å². The van der Waals surface area contributed by atoms with Gasteiger partial charge in [-0.1, -0.05) is 6.42 Å². The van der Waals surface area contributed by atoms with Gasteiger partial charge in [0.25, 0.3) is 0 Å². The van der Waals surface area contributed by atoms with Gasteiger partial charge in [-0.05, 0) is 32.7 Å². The normalized spacial score (nSPS) is 20.6. The minimum absolute atomic E-state index is 0.207. The summed E-state index contributed by atoms with van der Waals surface area (Å²) in [5.74, 6) is -0.896. The number of carbonyl (C=O) groups is 1. The fourth-order valence-corrected chi connectivity index (χ4v) is 3.57. The topological polar surface area (TPSA) is 73.7 Å². The maximum absolute atomic E-state index is 11.0. The zero-order chi connectivity index (χ0) is 13.8. The zero-order valence-corrected chi connectivity index (χ0v) is 11.9. The third-order valence-corrected chi connectivity index (χ3v) is 4.72. The number of likely N-dealkylation sites (tertiary alicyclic amines) is 1. The average Bonchev–Trinajstić information content (AvgIpc) is 2.73. The number of aromatic carboxylic acids is 1. The first-order valence-corrected chi connectivity index (χ1v) is 7.48. The molecule has 1 atom stereocenters. The Labute approximate surface area is 116 Å². The van der Waals surface area contributed by atoms with Crippen molar-refractivity contribution in [3.63, 3.8) is 0 Å². The van der Waals surface area contributed by atoms with Crippen molar-refractivity contribution in [3.8, 4) is 0 Å². The van der Waals surface area contributed by atoms with Crippen LogP contribution in [0.15, 0.2) is 0 Å². The van der Waals surface area contributed by atoms with Gasteiger partial charge in [-0.3, -0.25) is 4.90 Å². The summed E-state index contributed by atoms with van der Waals surface area (Å²) in [6, 6.07) is 0.399. The number of aliphatic hydroxyl groups is 1. The molecule has 0 spiro atoms. The van der Waals surface area contributed by atoms with Crippen LogP contribution >= 0.6 is 11.3 Å². The van der Waals surface area contributed by atoms with E-state index in [1.165, 1.54) is 17.8 Å². The molecule has 1 fully saturated rings. The lowest BCUT2D eigenvalue weighted by atomic mass is 10.00. The van der Waals surface area contributed by atoms with Gasteiger partial charge in [0.2, 0.25) is 0 Å². The summed E-state index contributed by atoms with van der Waals surface area (Å²) in [6.45, 7) is 3.65. The number of hydrogen-bond acceptors (Lipinski definition) is 5. The molecule has 0 aliphatic carbocycles. The molecule has 0 saturated carbocycles. The molecule has 0 bridgehead atoms. The van der Waals surface area contributed by atoms with Crippen LogP contribution in [0.1, 0.15) is 46.1 Å². The van der Waals surface area contributed by atoms with Gasteiger partial charge in [0.1, 0.15) is 9.88 Å². The predicted octanol–water partition coefficient (Wildman–Crippen LogP) is 1.89. The number of carboxylic acids is 1. The highest BCUT2D eigenvalue weighted by Gasteiger charge is 2.24. The number of carboxylic acid groups (broad SMARTS) is 1. The van der Waals surface area contributed by atoms with Crippen molar-refractivity contribution in [2.45, 2.75) is 45.2 Å². The minimum Gasteiger partial charge on any atom is -0.477 e. The number of rotatable bonds is 5. The molecule has 2 N–H and O–H groups in total. The van der Waals surface area contributed by atoms with Gasteiger partial charge >= 0.3 is 5.97 Å². The second-order valence-corrected chi connectivity index (χ2v) is 6.04. The van der Waals surface area contributed by atoms with Crippen molar-refractivity contribution in [3.05, 3.63) is 15.6 Å². The van der Waals surface area contributed by atoms with Gasteiger partial charge in [-0.15, -0.1) is 11.3 Å². The van der Waals surface area contributed by atoms with Crippen LogP contribution in [0.2, 0.25) is 0 Å². The molecule has 0 aromatic carbocycles. The summed E-state index contributed by atoms with van der Waals surface area (Å²) >= 11 is 1.27. The summed E-state index contributed by atoms with van der Waals surface area (Å²) in [4.78, 5) is 18.0. The molecule has 2 heterocycles. The summed E-state index contributed by atoms with van der Waals surface area (Å²) < 4.78 is 0. The third-order valence-electron chi connectivity index (χ3n) is 3.58. The van der Waals surface area contributed by atoms with Gasteiger partial charge in [0.05, 0.1) is 12.2 Å². The standard InChI is InChI=1S/C13H20N2O3S/c1-9-12(13(17)18)19-11(14-9)8-15-6-3-2-4-10(15)5-7-16/h10,16H,2-8H2,1H3,(H,17,18). The fraction of sp³-hybridized carbons (Fsp3) is 0.692. The number of aromatic nitrogens is 1. The van der Waals surface area contributed by atoms with Crippen LogP contribution in [-0.4, -0.2) is 45.3 Å². The van der Waals surface area contributed by atoms with Crippen molar-refractivity contribution < 1.29 is 15.0 Å². The zero-order valence-electron chi connectivity index (χ0n) is 11.1. The van der Waals surface area contributed by atoms with E-state index in [0.29, 0.717) is 23.2 Å². The van der Waals surface area contributed by atoms with Crippen LogP contribution in [0.25, 0.3) is 0 Å². The first kappa shape index (κ1) is 14.4. The Morgan fingerprint density at radius 2 is 2.32 bits per heavy atom. The number of nitrogens with zero attached hydrogens (tertiary/aromatic N) is 2. The first-order chi connectivity index (χ1) is 9.11. The molecule has 0 amide bonds. The largest absolute Gasteiger partial charge is 0.477 e. The number of hydrogen-bond donors (Lipinski definition) is 2. The second-order valence-electron chi connectivity index (χ2n) is 4.96. The van der Waals surface area contributed by atoms with Crippen LogP contribution in [0, 0.1) is 6.92 Å². The molecule has 1 unspecified atom stereocenters. The van der Waals surface area contributed by atoms with E-state index in [1.54, 1.807) is 6.92 Å². The molecular formula is C13H20N2O3S. The van der Waals surface area contributed by atoms with Crippen LogP contribution in [0.4, 0.5) is 0 Å². The Morgan fingerprint density at radius 1 is 1.53 bits per heavy atom. The second kappa shape index (κ2) is 6.45. The molecule has 6 heteroatoms. The Balaban J connectivity index is 2.06. The Morgan fingerprint density at radius 3 is 2.95 bits per heavy atom. The van der Waals surface area contributed by atoms with Gasteiger partial charge < -0.3 is 10.2 Å². The smallest absolute Gasteiger partial charge is 0.347 e. The van der Waals surface area contributed by atoms with Crippen molar-refractivity contribution in [2.75, 3.05) is 13.2 Å². The molecule has 1 aliphatic heterocycles. The number of aryl methyl sites for hydroxylation is 1. The van der Waals surface area contributed by atoms with Crippen LogP contribution < -0.4 is 0 Å². The quantitative estimate of drug-likeness (QED) is 0.863. The van der Waals surface area contributed by atoms with Gasteiger partial charge in [-0.25, -0.2) is 9.78 Å². The van der Waals surface area contributed by atoms with E-state index in [-0.39, 0.29) is 6.61 Å². The van der Waals surface area contributed by atoms with E-state index in [9.17, 15) is 4.79 Å². The molecule has 106 valence electrons. The van der Waals surface area contributed by atoms with Gasteiger partial charge in [0, 0.05) is 12.6 Å². The monoisotopic (exact) mass is 284 g/mol. The molecule has 1 aliphatic rings. The lowest BCUT2D eigenvalue weighted by molar-refractivity contribution is 0.0701. The van der Waals surface area contributed by atoms with Gasteiger partial charge in [0.15, 0.2) is 0 Å². The molecule has 1 aromatic rings. The Hall–Kier alpha value is -0.980. The molecule has 5 nitrogen and oxygen atoms in total. The highest BCUT2D eigenvalue weighted by atomic mass is 32.1. The Bertz CT molecular complexity index is 445. The highest BCUT2D eigenvalue weighted by Crippen LogP contribution is 2.25. The minimum atomic E-state index is -0.896. The number of aliphatic hydroxyl groups excluding tert-OH is 1. The molecule has 19 heavy (non-hydrogen) atoms. The maximum atomic E-state index is 11.0. The molecule has 1 aromatic heterocycles. The van der Waals surface area contributed by atoms with E-state index in [4.69, 9.17) is 10.2 Å². The maximum Gasteiger partial charge on any atom is 0.347 e. The number of thiazole rings is 1. The van der Waals surface area contributed by atoms with Crippen molar-refractivity contribution in [2.24, 2.45) is 0 Å². The lowest BCUT2D eigenvalue weighted by Crippen LogP contribution is -2.39. The lowest BCUT2D eigenvalue weighted by Gasteiger charge is -2.34. The van der Waals surface area contributed by atoms with Crippen LogP contribution in [0.5, 0.6) is 0 Å². The molecule has 2 rings (SSSR count). The van der Waals surface area contributed by atoms with E-state index in [0.717, 1.165) is 30.8 Å². The Kier molecular flexibility index (Phi) is 4.90. The van der Waals surface area contributed by atoms with Crippen molar-refractivity contribution in [1.29, 1.82) is 0 Å². The van der Waals surface area contributed by atoms with Crippen LogP contribution in [0.3, 0.4) is 0 Å². The summed E-state index contributed by atoms with van der Waals surface area (Å²) in [6.07, 6.45) is 4.27. The van der Waals surface area contributed by atoms with E-state index in [2.05, 4.69) is 9.88 Å². The molecule has 0 radical (unpaired) electrons. The average molecular weight is 284 g/mol. The SMILES string of the molecule is Cc1nc(CN2CCCCC2CCO)sc1C(=O)O. The number of piperidine rings is 1. The first-order valence-electron chi connectivity index (χ1n) is 6.66. The third kappa shape index (κ3) is 3.52. The van der Waals surface area contributed by atoms with Crippen LogP contribution in [-0.2, 0) is 6.54 Å². The predicted molar refractivity (Wildman–Crippen MR) is 73.6 cm³/mol. The van der Waals surface area contributed by atoms with Gasteiger partial charge in [-0.2, -0.15) is 0 Å². The highest BCUT2D eigenvalue weighted by molar-refractivity contribution is 7.13. The fourth-order valence-electron chi connectivity index (χ4n) is 2.64. The van der Waals surface area contributed by atoms with Crippen molar-refractivity contribution >= 4 is 17.3 Å². The summed E-state index contributed by atoms with van der Waals surface area (Å²) in [5, 5.41) is 19.0. The summed E-state index contributed by atoms with van der Waals surface area (Å²) in [5.41, 5.74) is 0.600. The van der Waals surface area contributed by atoms with E-state index < -0.39 is 5.97 Å². The summed E-state index contributed by atoms with van der Waals surface area (Å²) in [7, 11) is 0. The van der Waals surface area contributed by atoms with E-state index >= 15 is 0 Å². The molecular weight excluding hydrogens is 264 g/mol. The van der Waals surface area contributed by atoms with E-state index in [1.807, 2.05) is 0 Å².